The van der Waals surface area contributed by atoms with Gasteiger partial charge in [-0.05, 0) is 36.4 Å². The number of guanidine groups is 1. The smallest absolute Gasteiger partial charge is 0.194 e. The molecule has 0 atom stereocenters. The molecule has 1 aromatic heterocycles. The molecule has 2 aromatic rings. The first-order valence-corrected chi connectivity index (χ1v) is 8.93. The second-order valence-corrected chi connectivity index (χ2v) is 6.15. The first-order chi connectivity index (χ1) is 12.8. The Hall–Kier alpha value is -2.03. The van der Waals surface area contributed by atoms with Gasteiger partial charge in [-0.3, -0.25) is 4.99 Å². The summed E-state index contributed by atoms with van der Waals surface area (Å²) in [5.41, 5.74) is 1.06. The van der Waals surface area contributed by atoms with E-state index in [4.69, 9.17) is 9.41 Å². The maximum Gasteiger partial charge on any atom is 0.194 e. The quantitative estimate of drug-likeness (QED) is 0.295. The minimum atomic E-state index is -0.202. The van der Waals surface area contributed by atoms with Crippen molar-refractivity contribution < 1.29 is 8.81 Å². The number of nitrogens with zero attached hydrogens (tertiary/aromatic N) is 3. The Morgan fingerprint density at radius 1 is 1.19 bits per heavy atom. The van der Waals surface area contributed by atoms with Crippen molar-refractivity contribution in [3.8, 4) is 0 Å². The number of rotatable bonds is 6. The highest BCUT2D eigenvalue weighted by molar-refractivity contribution is 14.0. The van der Waals surface area contributed by atoms with Gasteiger partial charge in [0.25, 0.3) is 0 Å². The fourth-order valence-corrected chi connectivity index (χ4v) is 2.99. The van der Waals surface area contributed by atoms with E-state index in [9.17, 15) is 4.39 Å². The normalized spacial score (nSPS) is 14.6. The fraction of sp³-hybridized carbons (Fsp3) is 0.350. The number of piperazine rings is 1. The van der Waals surface area contributed by atoms with Crippen molar-refractivity contribution in [3.05, 3.63) is 66.9 Å². The van der Waals surface area contributed by atoms with Gasteiger partial charge >= 0.3 is 0 Å². The highest BCUT2D eigenvalue weighted by atomic mass is 127. The van der Waals surface area contributed by atoms with E-state index in [0.717, 1.165) is 50.0 Å². The van der Waals surface area contributed by atoms with E-state index >= 15 is 0 Å². The summed E-state index contributed by atoms with van der Waals surface area (Å²) in [5, 5.41) is 3.34. The summed E-state index contributed by atoms with van der Waals surface area (Å²) in [4.78, 5) is 9.25. The molecule has 27 heavy (non-hydrogen) atoms. The van der Waals surface area contributed by atoms with E-state index in [2.05, 4.69) is 21.7 Å². The topological polar surface area (TPSA) is 44.0 Å². The Balaban J connectivity index is 0.00000261. The molecule has 1 N–H and O–H groups in total. The van der Waals surface area contributed by atoms with Gasteiger partial charge < -0.3 is 19.5 Å². The summed E-state index contributed by atoms with van der Waals surface area (Å²) in [6.07, 6.45) is 4.29. The molecule has 0 unspecified atom stereocenters. The second-order valence-electron chi connectivity index (χ2n) is 6.15. The van der Waals surface area contributed by atoms with Crippen LogP contribution in [0.5, 0.6) is 0 Å². The maximum atomic E-state index is 13.1. The Morgan fingerprint density at radius 2 is 1.93 bits per heavy atom. The van der Waals surface area contributed by atoms with Crippen LogP contribution in [0, 0.1) is 5.82 Å². The zero-order chi connectivity index (χ0) is 18.2. The van der Waals surface area contributed by atoms with E-state index in [1.54, 1.807) is 6.26 Å². The minimum Gasteiger partial charge on any atom is -0.469 e. The lowest BCUT2D eigenvalue weighted by Gasteiger charge is -2.37. The van der Waals surface area contributed by atoms with Crippen LogP contribution in [0.1, 0.15) is 5.76 Å². The van der Waals surface area contributed by atoms with E-state index in [1.165, 1.54) is 12.1 Å². The van der Waals surface area contributed by atoms with E-state index in [0.29, 0.717) is 13.1 Å². The third kappa shape index (κ3) is 6.27. The van der Waals surface area contributed by atoms with Crippen LogP contribution >= 0.6 is 24.0 Å². The number of hydrogen-bond donors (Lipinski definition) is 1. The van der Waals surface area contributed by atoms with Crippen LogP contribution in [0.4, 0.5) is 10.1 Å². The number of aliphatic imine (C=N–C) groups is 1. The van der Waals surface area contributed by atoms with Crippen molar-refractivity contribution >= 4 is 35.6 Å². The maximum absolute atomic E-state index is 13.1. The van der Waals surface area contributed by atoms with Gasteiger partial charge in [-0.15, -0.1) is 30.6 Å². The molecule has 0 aliphatic carbocycles. The SMILES string of the molecule is C=CCNC(=NCCc1ccco1)N1CCN(c2ccc(F)cc2)CC1.I. The molecule has 0 radical (unpaired) electrons. The summed E-state index contributed by atoms with van der Waals surface area (Å²) in [6.45, 7) is 8.59. The molecule has 0 amide bonds. The van der Waals surface area contributed by atoms with Crippen LogP contribution in [-0.2, 0) is 6.42 Å². The molecule has 5 nitrogen and oxygen atoms in total. The number of anilines is 1. The van der Waals surface area contributed by atoms with E-state index in [1.807, 2.05) is 30.3 Å². The van der Waals surface area contributed by atoms with Gasteiger partial charge in [0.2, 0.25) is 0 Å². The lowest BCUT2D eigenvalue weighted by Crippen LogP contribution is -2.52. The van der Waals surface area contributed by atoms with Crippen molar-refractivity contribution in [2.45, 2.75) is 6.42 Å². The Bertz CT molecular complexity index is 710. The first kappa shape index (κ1) is 21.3. The molecular weight excluding hydrogens is 458 g/mol. The average molecular weight is 484 g/mol. The van der Waals surface area contributed by atoms with Crippen molar-refractivity contribution in [2.24, 2.45) is 4.99 Å². The third-order valence-electron chi connectivity index (χ3n) is 4.38. The minimum absolute atomic E-state index is 0. The first-order valence-electron chi connectivity index (χ1n) is 8.93. The van der Waals surface area contributed by atoms with Crippen LogP contribution in [0.25, 0.3) is 0 Å². The summed E-state index contributed by atoms with van der Waals surface area (Å²) >= 11 is 0. The van der Waals surface area contributed by atoms with Crippen LogP contribution in [0.15, 0.2) is 64.7 Å². The predicted molar refractivity (Wildman–Crippen MR) is 119 cm³/mol. The number of benzene rings is 1. The molecular formula is C20H26FIN4O. The standard InChI is InChI=1S/C20H25FN4O.HI/c1-2-10-22-20(23-11-9-19-4-3-16-26-19)25-14-12-24(13-15-25)18-7-5-17(21)6-8-18;/h2-8,16H,1,9-15H2,(H,22,23);1H. The third-order valence-corrected chi connectivity index (χ3v) is 4.38. The Labute approximate surface area is 177 Å². The number of furan rings is 1. The fourth-order valence-electron chi connectivity index (χ4n) is 2.99. The number of halogens is 2. The highest BCUT2D eigenvalue weighted by Crippen LogP contribution is 2.17. The number of hydrogen-bond acceptors (Lipinski definition) is 3. The van der Waals surface area contributed by atoms with Gasteiger partial charge in [-0.1, -0.05) is 6.08 Å². The molecule has 0 bridgehead atoms. The van der Waals surface area contributed by atoms with Crippen LogP contribution in [-0.4, -0.2) is 50.1 Å². The largest absolute Gasteiger partial charge is 0.469 e. The molecule has 1 aliphatic heterocycles. The van der Waals surface area contributed by atoms with Crippen LogP contribution in [0.2, 0.25) is 0 Å². The van der Waals surface area contributed by atoms with Crippen LogP contribution in [0.3, 0.4) is 0 Å². The molecule has 146 valence electrons. The predicted octanol–water partition coefficient (Wildman–Crippen LogP) is 3.53. The van der Waals surface area contributed by atoms with Crippen LogP contribution < -0.4 is 10.2 Å². The van der Waals surface area contributed by atoms with Gasteiger partial charge in [-0.25, -0.2) is 4.39 Å². The molecule has 0 saturated carbocycles. The Kier molecular flexibility index (Phi) is 8.63. The summed E-state index contributed by atoms with van der Waals surface area (Å²) in [6, 6.07) is 10.5. The van der Waals surface area contributed by atoms with Gasteiger partial charge in [0.05, 0.1) is 6.26 Å². The Morgan fingerprint density at radius 3 is 2.56 bits per heavy atom. The lowest BCUT2D eigenvalue weighted by atomic mass is 10.2. The summed E-state index contributed by atoms with van der Waals surface area (Å²) in [7, 11) is 0. The van der Waals surface area contributed by atoms with E-state index < -0.39 is 0 Å². The van der Waals surface area contributed by atoms with Gasteiger partial charge in [-0.2, -0.15) is 0 Å². The zero-order valence-corrected chi connectivity index (χ0v) is 17.6. The molecule has 2 heterocycles. The summed E-state index contributed by atoms with van der Waals surface area (Å²) < 4.78 is 18.5. The van der Waals surface area contributed by atoms with Gasteiger partial charge in [0, 0.05) is 51.4 Å². The van der Waals surface area contributed by atoms with Crippen molar-refractivity contribution in [1.82, 2.24) is 10.2 Å². The van der Waals surface area contributed by atoms with Crippen molar-refractivity contribution in [1.29, 1.82) is 0 Å². The zero-order valence-electron chi connectivity index (χ0n) is 15.3. The van der Waals surface area contributed by atoms with Gasteiger partial charge in [0.1, 0.15) is 11.6 Å². The summed E-state index contributed by atoms with van der Waals surface area (Å²) in [5.74, 6) is 1.64. The number of nitrogens with one attached hydrogen (secondary N) is 1. The lowest BCUT2D eigenvalue weighted by molar-refractivity contribution is 0.373. The molecule has 1 aromatic carbocycles. The van der Waals surface area contributed by atoms with Crippen molar-refractivity contribution in [2.75, 3.05) is 44.2 Å². The molecule has 3 rings (SSSR count). The van der Waals surface area contributed by atoms with Crippen molar-refractivity contribution in [3.63, 3.8) is 0 Å². The highest BCUT2D eigenvalue weighted by Gasteiger charge is 2.19. The molecule has 1 saturated heterocycles. The second kappa shape index (κ2) is 11.0. The molecule has 1 aliphatic rings. The molecule has 7 heteroatoms. The van der Waals surface area contributed by atoms with E-state index in [-0.39, 0.29) is 29.8 Å². The molecule has 0 spiro atoms. The molecule has 1 fully saturated rings. The average Bonchev–Trinajstić information content (AvgIpc) is 3.19. The monoisotopic (exact) mass is 484 g/mol. The van der Waals surface area contributed by atoms with Gasteiger partial charge in [0.15, 0.2) is 5.96 Å².